The lowest BCUT2D eigenvalue weighted by atomic mass is 9.62. The van der Waals surface area contributed by atoms with Crippen molar-refractivity contribution in [3.63, 3.8) is 0 Å². The van der Waals surface area contributed by atoms with Gasteiger partial charge in [-0.25, -0.2) is 0 Å². The van der Waals surface area contributed by atoms with Crippen LogP contribution in [0.2, 0.25) is 0 Å². The smallest absolute Gasteiger partial charge is 0.306 e. The number of hydrogen-bond donors (Lipinski definition) is 5. The fraction of sp³-hybridized carbons (Fsp3) is 0.381. The molecule has 6 heteroatoms. The average molecular weight is 372 g/mol. The van der Waals surface area contributed by atoms with Crippen molar-refractivity contribution in [1.82, 2.24) is 0 Å². The molecule has 2 aromatic carbocycles. The van der Waals surface area contributed by atoms with Gasteiger partial charge in [-0.15, -0.1) is 0 Å². The second-order valence-electron chi connectivity index (χ2n) is 7.52. The van der Waals surface area contributed by atoms with E-state index in [1.165, 1.54) is 12.1 Å². The lowest BCUT2D eigenvalue weighted by Gasteiger charge is -2.41. The topological polar surface area (TPSA) is 118 Å². The highest BCUT2D eigenvalue weighted by Gasteiger charge is 2.41. The van der Waals surface area contributed by atoms with Crippen LogP contribution in [0.25, 0.3) is 0 Å². The summed E-state index contributed by atoms with van der Waals surface area (Å²) in [6, 6.07) is 6.58. The number of phenolic OH excluding ortho intramolecular Hbond substituents is 4. The van der Waals surface area contributed by atoms with E-state index in [2.05, 4.69) is 0 Å². The van der Waals surface area contributed by atoms with Gasteiger partial charge in [0.1, 0.15) is 0 Å². The Balaban J connectivity index is 2.18. The Morgan fingerprint density at radius 1 is 0.852 bits per heavy atom. The molecule has 0 radical (unpaired) electrons. The quantitative estimate of drug-likeness (QED) is 0.525. The molecule has 0 saturated heterocycles. The van der Waals surface area contributed by atoms with Crippen molar-refractivity contribution >= 4 is 5.97 Å². The summed E-state index contributed by atoms with van der Waals surface area (Å²) in [5, 5.41) is 49.5. The van der Waals surface area contributed by atoms with E-state index in [1.54, 1.807) is 26.0 Å². The number of aromatic hydroxyl groups is 4. The van der Waals surface area contributed by atoms with Gasteiger partial charge in [-0.1, -0.05) is 12.1 Å². The summed E-state index contributed by atoms with van der Waals surface area (Å²) >= 11 is 0. The van der Waals surface area contributed by atoms with Crippen LogP contribution in [0, 0.1) is 19.8 Å². The Labute approximate surface area is 157 Å². The maximum atomic E-state index is 11.4. The monoisotopic (exact) mass is 372 g/mol. The predicted molar refractivity (Wildman–Crippen MR) is 99.4 cm³/mol. The van der Waals surface area contributed by atoms with Crippen LogP contribution in [0.3, 0.4) is 0 Å². The van der Waals surface area contributed by atoms with Crippen molar-refractivity contribution in [1.29, 1.82) is 0 Å². The van der Waals surface area contributed by atoms with Gasteiger partial charge in [-0.05, 0) is 73.9 Å². The van der Waals surface area contributed by atoms with Gasteiger partial charge in [0.05, 0.1) is 5.92 Å². The summed E-state index contributed by atoms with van der Waals surface area (Å²) in [5.41, 5.74) is 1.92. The summed E-state index contributed by atoms with van der Waals surface area (Å²) in [4.78, 5) is 11.4. The van der Waals surface area contributed by atoms with Crippen LogP contribution >= 0.6 is 0 Å². The Morgan fingerprint density at radius 2 is 1.26 bits per heavy atom. The molecule has 5 N–H and O–H groups in total. The van der Waals surface area contributed by atoms with Gasteiger partial charge in [0.2, 0.25) is 0 Å². The first-order valence-electron chi connectivity index (χ1n) is 8.94. The minimum absolute atomic E-state index is 0.183. The van der Waals surface area contributed by atoms with Gasteiger partial charge in [0.15, 0.2) is 23.0 Å². The van der Waals surface area contributed by atoms with Crippen molar-refractivity contribution < 1.29 is 30.3 Å². The molecule has 0 aromatic heterocycles. The molecule has 6 nitrogen and oxygen atoms in total. The van der Waals surface area contributed by atoms with Crippen LogP contribution in [-0.2, 0) is 10.2 Å². The molecule has 1 aliphatic rings. The molecule has 1 fully saturated rings. The zero-order valence-electron chi connectivity index (χ0n) is 15.4. The fourth-order valence-corrected chi connectivity index (χ4v) is 4.18. The third kappa shape index (κ3) is 3.16. The van der Waals surface area contributed by atoms with Gasteiger partial charge < -0.3 is 25.5 Å². The third-order valence-corrected chi connectivity index (χ3v) is 5.85. The molecule has 0 amide bonds. The minimum Gasteiger partial charge on any atom is -0.504 e. The standard InChI is InChI=1S/C21H24O6/c1-11-7-14(9-16(22)18(11)24)21(5-3-13(4-6-21)20(26)27)15-8-12(2)19(25)17(23)10-15/h7-10,13,22-25H,3-6H2,1-2H3,(H,26,27). The molecule has 144 valence electrons. The summed E-state index contributed by atoms with van der Waals surface area (Å²) in [5.74, 6) is -2.08. The van der Waals surface area contributed by atoms with Crippen LogP contribution in [0.1, 0.15) is 47.9 Å². The normalized spacial score (nSPS) is 17.0. The van der Waals surface area contributed by atoms with E-state index in [0.29, 0.717) is 36.8 Å². The van der Waals surface area contributed by atoms with Gasteiger partial charge in [0.25, 0.3) is 0 Å². The highest BCUT2D eigenvalue weighted by Crippen LogP contribution is 2.50. The van der Waals surface area contributed by atoms with Gasteiger partial charge >= 0.3 is 5.97 Å². The number of carboxylic acid groups (broad SMARTS) is 1. The fourth-order valence-electron chi connectivity index (χ4n) is 4.18. The largest absolute Gasteiger partial charge is 0.504 e. The van der Waals surface area contributed by atoms with E-state index in [9.17, 15) is 30.3 Å². The maximum absolute atomic E-state index is 11.4. The summed E-state index contributed by atoms with van der Waals surface area (Å²) in [6.07, 6.45) is 1.93. The Kier molecular flexibility index (Phi) is 4.68. The van der Waals surface area contributed by atoms with Crippen molar-refractivity contribution in [2.45, 2.75) is 44.9 Å². The molecular formula is C21H24O6. The molecule has 0 unspecified atom stereocenters. The molecule has 0 bridgehead atoms. The maximum Gasteiger partial charge on any atom is 0.306 e. The van der Waals surface area contributed by atoms with E-state index in [0.717, 1.165) is 11.1 Å². The molecule has 27 heavy (non-hydrogen) atoms. The van der Waals surface area contributed by atoms with Crippen molar-refractivity contribution in [3.05, 3.63) is 46.5 Å². The number of aliphatic carboxylic acids is 1. The van der Waals surface area contributed by atoms with E-state index in [-0.39, 0.29) is 23.0 Å². The zero-order chi connectivity index (χ0) is 19.9. The van der Waals surface area contributed by atoms with Crippen molar-refractivity contribution in [2.24, 2.45) is 5.92 Å². The SMILES string of the molecule is Cc1cc(C2(c3cc(C)c(O)c(O)c3)CCC(C(=O)O)CC2)cc(O)c1O. The number of aryl methyl sites for hydroxylation is 2. The number of hydrogen-bond acceptors (Lipinski definition) is 5. The first kappa shape index (κ1) is 18.9. The minimum atomic E-state index is -0.821. The number of carboxylic acids is 1. The lowest BCUT2D eigenvalue weighted by molar-refractivity contribution is -0.143. The zero-order valence-corrected chi connectivity index (χ0v) is 15.4. The van der Waals surface area contributed by atoms with Crippen LogP contribution < -0.4 is 0 Å². The summed E-state index contributed by atoms with van der Waals surface area (Å²) in [6.45, 7) is 3.38. The second-order valence-corrected chi connectivity index (χ2v) is 7.52. The van der Waals surface area contributed by atoms with Crippen LogP contribution in [0.15, 0.2) is 24.3 Å². The first-order valence-corrected chi connectivity index (χ1v) is 8.94. The molecule has 0 spiro atoms. The number of carbonyl (C=O) groups is 1. The highest BCUT2D eigenvalue weighted by atomic mass is 16.4. The molecule has 0 heterocycles. The Morgan fingerprint density at radius 3 is 1.59 bits per heavy atom. The van der Waals surface area contributed by atoms with Crippen LogP contribution in [-0.4, -0.2) is 31.5 Å². The van der Waals surface area contributed by atoms with Gasteiger partial charge in [-0.3, -0.25) is 4.79 Å². The van der Waals surface area contributed by atoms with Gasteiger partial charge in [-0.2, -0.15) is 0 Å². The van der Waals surface area contributed by atoms with Crippen LogP contribution in [0.4, 0.5) is 0 Å². The Bertz CT molecular complexity index is 788. The van der Waals surface area contributed by atoms with E-state index in [4.69, 9.17) is 0 Å². The summed E-state index contributed by atoms with van der Waals surface area (Å²) in [7, 11) is 0. The van der Waals surface area contributed by atoms with Crippen molar-refractivity contribution in [3.8, 4) is 23.0 Å². The van der Waals surface area contributed by atoms with E-state index >= 15 is 0 Å². The number of benzene rings is 2. The second kappa shape index (κ2) is 6.68. The Hall–Kier alpha value is -2.89. The molecular weight excluding hydrogens is 348 g/mol. The van der Waals surface area contributed by atoms with Crippen molar-refractivity contribution in [2.75, 3.05) is 0 Å². The molecule has 1 aliphatic carbocycles. The molecule has 1 saturated carbocycles. The molecule has 3 rings (SSSR count). The molecule has 0 atom stereocenters. The first-order chi connectivity index (χ1) is 12.7. The van der Waals surface area contributed by atoms with E-state index < -0.39 is 17.3 Å². The highest BCUT2D eigenvalue weighted by molar-refractivity contribution is 5.70. The number of phenols is 4. The molecule has 0 aliphatic heterocycles. The molecule has 2 aromatic rings. The lowest BCUT2D eigenvalue weighted by Crippen LogP contribution is -2.35. The third-order valence-electron chi connectivity index (χ3n) is 5.85. The average Bonchev–Trinajstić information content (AvgIpc) is 2.63. The predicted octanol–water partition coefficient (Wildman–Crippen LogP) is 3.69. The van der Waals surface area contributed by atoms with E-state index in [1.807, 2.05) is 0 Å². The number of rotatable bonds is 3. The van der Waals surface area contributed by atoms with Gasteiger partial charge in [0, 0.05) is 5.41 Å². The summed E-state index contributed by atoms with van der Waals surface area (Å²) < 4.78 is 0. The van der Waals surface area contributed by atoms with Crippen LogP contribution in [0.5, 0.6) is 23.0 Å².